The van der Waals surface area contributed by atoms with Gasteiger partial charge in [0, 0.05) is 23.8 Å². The Morgan fingerprint density at radius 3 is 2.52 bits per heavy atom. The predicted molar refractivity (Wildman–Crippen MR) is 82.0 cm³/mol. The van der Waals surface area contributed by atoms with E-state index >= 15 is 0 Å². The summed E-state index contributed by atoms with van der Waals surface area (Å²) >= 11 is 0. The summed E-state index contributed by atoms with van der Waals surface area (Å²) in [5, 5.41) is 7.82. The van der Waals surface area contributed by atoms with Crippen molar-refractivity contribution in [3.05, 3.63) is 18.0 Å². The SMILES string of the molecule is COC(=O)C(NC1CCCCCC1)c1cnn(C(C)C)c1. The second kappa shape index (κ2) is 7.59. The highest BCUT2D eigenvalue weighted by Crippen LogP contribution is 2.22. The second-order valence-corrected chi connectivity index (χ2v) is 6.16. The first-order valence-corrected chi connectivity index (χ1v) is 7.99. The summed E-state index contributed by atoms with van der Waals surface area (Å²) in [5.74, 6) is -0.234. The number of carbonyl (C=O) groups excluding carboxylic acids is 1. The molecule has 1 heterocycles. The summed E-state index contributed by atoms with van der Waals surface area (Å²) in [4.78, 5) is 12.1. The molecule has 2 rings (SSSR count). The number of aromatic nitrogens is 2. The largest absolute Gasteiger partial charge is 0.468 e. The Bertz CT molecular complexity index is 448. The van der Waals surface area contributed by atoms with Crippen LogP contribution in [0.2, 0.25) is 0 Å². The van der Waals surface area contributed by atoms with E-state index in [1.165, 1.54) is 32.8 Å². The van der Waals surface area contributed by atoms with Crippen LogP contribution in [-0.2, 0) is 9.53 Å². The van der Waals surface area contributed by atoms with E-state index in [1.54, 1.807) is 6.20 Å². The standard InChI is InChI=1S/C16H27N3O2/c1-12(2)19-11-13(10-17-19)15(16(20)21-3)18-14-8-6-4-5-7-9-14/h10-12,14-15,18H,4-9H2,1-3H3. The minimum absolute atomic E-state index is 0.234. The van der Waals surface area contributed by atoms with Crippen LogP contribution in [0.15, 0.2) is 12.4 Å². The zero-order chi connectivity index (χ0) is 15.2. The number of hydrogen-bond donors (Lipinski definition) is 1. The summed E-state index contributed by atoms with van der Waals surface area (Å²) in [5.41, 5.74) is 0.889. The molecule has 1 atom stereocenters. The normalized spacial score (nSPS) is 18.5. The molecular weight excluding hydrogens is 266 g/mol. The molecule has 118 valence electrons. The van der Waals surface area contributed by atoms with Crippen LogP contribution in [0, 0.1) is 0 Å². The molecule has 5 nitrogen and oxygen atoms in total. The van der Waals surface area contributed by atoms with Crippen molar-refractivity contribution in [1.82, 2.24) is 15.1 Å². The average Bonchev–Trinajstić information content (AvgIpc) is 2.82. The molecule has 0 amide bonds. The quantitative estimate of drug-likeness (QED) is 0.670. The van der Waals surface area contributed by atoms with Crippen LogP contribution < -0.4 is 5.32 Å². The lowest BCUT2D eigenvalue weighted by molar-refractivity contribution is -0.143. The van der Waals surface area contributed by atoms with Gasteiger partial charge in [0.05, 0.1) is 13.3 Å². The molecule has 0 aliphatic heterocycles. The summed E-state index contributed by atoms with van der Waals surface area (Å²) in [6.45, 7) is 4.14. The van der Waals surface area contributed by atoms with Gasteiger partial charge in [0.2, 0.25) is 0 Å². The third-order valence-electron chi connectivity index (χ3n) is 4.18. The number of rotatable bonds is 5. The molecule has 1 fully saturated rings. The van der Waals surface area contributed by atoms with Crippen LogP contribution in [0.4, 0.5) is 0 Å². The summed E-state index contributed by atoms with van der Waals surface area (Å²) in [6.07, 6.45) is 11.0. The van der Waals surface area contributed by atoms with Gasteiger partial charge in [0.15, 0.2) is 0 Å². The number of nitrogens with zero attached hydrogens (tertiary/aromatic N) is 2. The van der Waals surface area contributed by atoms with Gasteiger partial charge in [-0.25, -0.2) is 4.79 Å². The summed E-state index contributed by atoms with van der Waals surface area (Å²) < 4.78 is 6.85. The zero-order valence-electron chi connectivity index (χ0n) is 13.3. The first kappa shape index (κ1) is 16.0. The molecule has 1 aliphatic rings. The van der Waals surface area contributed by atoms with Crippen molar-refractivity contribution in [2.75, 3.05) is 7.11 Å². The van der Waals surface area contributed by atoms with E-state index < -0.39 is 6.04 Å². The number of nitrogens with one attached hydrogen (secondary N) is 1. The van der Waals surface area contributed by atoms with Crippen LogP contribution >= 0.6 is 0 Å². The van der Waals surface area contributed by atoms with Gasteiger partial charge < -0.3 is 4.74 Å². The third-order valence-corrected chi connectivity index (χ3v) is 4.18. The molecule has 1 aromatic rings. The van der Waals surface area contributed by atoms with Crippen LogP contribution in [0.25, 0.3) is 0 Å². The Balaban J connectivity index is 2.11. The molecule has 1 aromatic heterocycles. The summed E-state index contributed by atoms with van der Waals surface area (Å²) in [6, 6.07) is 0.263. The minimum atomic E-state index is -0.411. The molecule has 1 saturated carbocycles. The highest BCUT2D eigenvalue weighted by Gasteiger charge is 2.26. The van der Waals surface area contributed by atoms with E-state index in [-0.39, 0.29) is 12.0 Å². The fourth-order valence-electron chi connectivity index (χ4n) is 2.88. The molecule has 0 bridgehead atoms. The first-order valence-electron chi connectivity index (χ1n) is 7.99. The molecule has 21 heavy (non-hydrogen) atoms. The van der Waals surface area contributed by atoms with Crippen molar-refractivity contribution >= 4 is 5.97 Å². The summed E-state index contributed by atoms with van der Waals surface area (Å²) in [7, 11) is 1.44. The Kier molecular flexibility index (Phi) is 5.79. The van der Waals surface area contributed by atoms with E-state index in [1.807, 2.05) is 10.9 Å². The smallest absolute Gasteiger partial charge is 0.327 e. The van der Waals surface area contributed by atoms with E-state index in [4.69, 9.17) is 4.74 Å². The monoisotopic (exact) mass is 293 g/mol. The van der Waals surface area contributed by atoms with Crippen molar-refractivity contribution in [1.29, 1.82) is 0 Å². The van der Waals surface area contributed by atoms with E-state index in [0.29, 0.717) is 6.04 Å². The first-order chi connectivity index (χ1) is 10.1. The lowest BCUT2D eigenvalue weighted by atomic mass is 10.1. The fourth-order valence-corrected chi connectivity index (χ4v) is 2.88. The predicted octanol–water partition coefficient (Wildman–Crippen LogP) is 2.99. The second-order valence-electron chi connectivity index (χ2n) is 6.16. The van der Waals surface area contributed by atoms with Crippen LogP contribution in [0.5, 0.6) is 0 Å². The lowest BCUT2D eigenvalue weighted by Crippen LogP contribution is -2.37. The Morgan fingerprint density at radius 1 is 1.33 bits per heavy atom. The van der Waals surface area contributed by atoms with Crippen molar-refractivity contribution in [2.45, 2.75) is 70.5 Å². The third kappa shape index (κ3) is 4.30. The molecule has 1 unspecified atom stereocenters. The molecule has 1 aliphatic carbocycles. The number of methoxy groups -OCH3 is 1. The van der Waals surface area contributed by atoms with Gasteiger partial charge in [-0.1, -0.05) is 25.7 Å². The molecule has 0 spiro atoms. The maximum atomic E-state index is 12.1. The highest BCUT2D eigenvalue weighted by atomic mass is 16.5. The van der Waals surface area contributed by atoms with Gasteiger partial charge in [-0.05, 0) is 26.7 Å². The fraction of sp³-hybridized carbons (Fsp3) is 0.750. The Labute approximate surface area is 127 Å². The van der Waals surface area contributed by atoms with Gasteiger partial charge in [0.1, 0.15) is 6.04 Å². The van der Waals surface area contributed by atoms with Gasteiger partial charge in [-0.15, -0.1) is 0 Å². The minimum Gasteiger partial charge on any atom is -0.468 e. The van der Waals surface area contributed by atoms with Gasteiger partial charge >= 0.3 is 5.97 Å². The maximum Gasteiger partial charge on any atom is 0.327 e. The zero-order valence-corrected chi connectivity index (χ0v) is 13.3. The number of esters is 1. The van der Waals surface area contributed by atoms with Crippen LogP contribution in [-0.4, -0.2) is 28.9 Å². The van der Waals surface area contributed by atoms with E-state index in [2.05, 4.69) is 24.3 Å². The lowest BCUT2D eigenvalue weighted by Gasteiger charge is -2.22. The number of carbonyl (C=O) groups is 1. The van der Waals surface area contributed by atoms with Gasteiger partial charge in [-0.3, -0.25) is 10.00 Å². The van der Waals surface area contributed by atoms with Crippen molar-refractivity contribution < 1.29 is 9.53 Å². The molecule has 0 aromatic carbocycles. The Hall–Kier alpha value is -1.36. The van der Waals surface area contributed by atoms with E-state index in [0.717, 1.165) is 18.4 Å². The highest BCUT2D eigenvalue weighted by molar-refractivity contribution is 5.77. The van der Waals surface area contributed by atoms with Crippen molar-refractivity contribution in [2.24, 2.45) is 0 Å². The number of ether oxygens (including phenoxy) is 1. The van der Waals surface area contributed by atoms with Crippen molar-refractivity contribution in [3.8, 4) is 0 Å². The van der Waals surface area contributed by atoms with Gasteiger partial charge in [-0.2, -0.15) is 5.10 Å². The molecule has 0 radical (unpaired) electrons. The Morgan fingerprint density at radius 2 is 2.00 bits per heavy atom. The number of hydrogen-bond acceptors (Lipinski definition) is 4. The molecular formula is C16H27N3O2. The molecule has 1 N–H and O–H groups in total. The topological polar surface area (TPSA) is 56.1 Å². The van der Waals surface area contributed by atoms with Crippen molar-refractivity contribution in [3.63, 3.8) is 0 Å². The van der Waals surface area contributed by atoms with Gasteiger partial charge in [0.25, 0.3) is 0 Å². The molecule has 5 heteroatoms. The van der Waals surface area contributed by atoms with Crippen LogP contribution in [0.3, 0.4) is 0 Å². The average molecular weight is 293 g/mol. The van der Waals surface area contributed by atoms with E-state index in [9.17, 15) is 4.79 Å². The van der Waals surface area contributed by atoms with Crippen LogP contribution in [0.1, 0.15) is 70.0 Å². The maximum absolute atomic E-state index is 12.1. The molecule has 0 saturated heterocycles.